The SMILES string of the molecule is O=C(O)c1ccccc1N1C(=O)[C@@H]2C3c4ccccc4C(c4ccccc43)[C@@H]2C1=O. The molecular weight excluding hydrogens is 378 g/mol. The van der Waals surface area contributed by atoms with E-state index >= 15 is 0 Å². The van der Waals surface area contributed by atoms with Gasteiger partial charge in [0.15, 0.2) is 0 Å². The van der Waals surface area contributed by atoms with Crippen LogP contribution in [-0.2, 0) is 9.59 Å². The number of carbonyl (C=O) groups excluding carboxylic acids is 2. The van der Waals surface area contributed by atoms with Gasteiger partial charge in [0.25, 0.3) is 0 Å². The summed E-state index contributed by atoms with van der Waals surface area (Å²) in [5.41, 5.74) is 4.49. The number of anilines is 1. The maximum absolute atomic E-state index is 13.6. The van der Waals surface area contributed by atoms with Crippen LogP contribution >= 0.6 is 0 Å². The Bertz CT molecular complexity index is 1150. The molecule has 0 spiro atoms. The highest BCUT2D eigenvalue weighted by Gasteiger charge is 2.62. The standard InChI is InChI=1S/C25H17NO4/c27-23-21-19-13-7-1-2-8-14(13)20(16-10-4-3-9-15(16)19)22(21)24(28)26(23)18-12-6-5-11-17(18)25(29)30/h1-12,19-22H,(H,29,30)/t19?,20?,21-,22+. The number of benzene rings is 3. The zero-order valence-corrected chi connectivity index (χ0v) is 15.9. The Balaban J connectivity index is 1.58. The fourth-order valence-corrected chi connectivity index (χ4v) is 5.76. The second kappa shape index (κ2) is 5.89. The Morgan fingerprint density at radius 3 is 1.50 bits per heavy atom. The van der Waals surface area contributed by atoms with Gasteiger partial charge in [-0.2, -0.15) is 0 Å². The molecule has 1 aliphatic heterocycles. The molecule has 7 rings (SSSR count). The topological polar surface area (TPSA) is 74.7 Å². The lowest BCUT2D eigenvalue weighted by Crippen LogP contribution is -2.41. The molecule has 5 heteroatoms. The Morgan fingerprint density at radius 1 is 0.667 bits per heavy atom. The molecule has 2 amide bonds. The van der Waals surface area contributed by atoms with E-state index in [-0.39, 0.29) is 34.9 Å². The highest BCUT2D eigenvalue weighted by atomic mass is 16.4. The second-order valence-corrected chi connectivity index (χ2v) is 8.10. The molecule has 146 valence electrons. The van der Waals surface area contributed by atoms with Crippen LogP contribution < -0.4 is 4.90 Å². The number of carbonyl (C=O) groups is 3. The molecule has 30 heavy (non-hydrogen) atoms. The third-order valence-corrected chi connectivity index (χ3v) is 6.82. The van der Waals surface area contributed by atoms with E-state index in [2.05, 4.69) is 0 Å². The zero-order valence-electron chi connectivity index (χ0n) is 15.9. The number of hydrogen-bond donors (Lipinski definition) is 1. The first-order valence-electron chi connectivity index (χ1n) is 9.97. The summed E-state index contributed by atoms with van der Waals surface area (Å²) in [6, 6.07) is 22.3. The van der Waals surface area contributed by atoms with Crippen molar-refractivity contribution in [3.05, 3.63) is 101 Å². The molecule has 1 N–H and O–H groups in total. The number of aromatic carboxylic acids is 1. The van der Waals surface area contributed by atoms with Crippen molar-refractivity contribution in [1.29, 1.82) is 0 Å². The maximum Gasteiger partial charge on any atom is 0.337 e. The van der Waals surface area contributed by atoms with Crippen LogP contribution in [0, 0.1) is 11.8 Å². The highest BCUT2D eigenvalue weighted by molar-refractivity contribution is 6.25. The van der Waals surface area contributed by atoms with Crippen LogP contribution in [0.1, 0.15) is 44.4 Å². The van der Waals surface area contributed by atoms with Gasteiger partial charge in [-0.25, -0.2) is 9.69 Å². The van der Waals surface area contributed by atoms with Crippen molar-refractivity contribution in [1.82, 2.24) is 0 Å². The maximum atomic E-state index is 13.6. The Morgan fingerprint density at radius 2 is 1.07 bits per heavy atom. The molecule has 5 nitrogen and oxygen atoms in total. The zero-order chi connectivity index (χ0) is 20.6. The lowest BCUT2D eigenvalue weighted by molar-refractivity contribution is -0.122. The van der Waals surface area contributed by atoms with Crippen LogP contribution in [0.3, 0.4) is 0 Å². The lowest BCUT2D eigenvalue weighted by atomic mass is 9.55. The first-order chi connectivity index (χ1) is 14.6. The summed E-state index contributed by atoms with van der Waals surface area (Å²) < 4.78 is 0. The summed E-state index contributed by atoms with van der Waals surface area (Å²) in [4.78, 5) is 40.2. The van der Waals surface area contributed by atoms with E-state index in [1.54, 1.807) is 18.2 Å². The number of hydrogen-bond acceptors (Lipinski definition) is 3. The van der Waals surface area contributed by atoms with Crippen LogP contribution in [0.5, 0.6) is 0 Å². The Labute approximate surface area is 172 Å². The fourth-order valence-electron chi connectivity index (χ4n) is 5.76. The third-order valence-electron chi connectivity index (χ3n) is 6.82. The number of para-hydroxylation sites is 1. The highest BCUT2D eigenvalue weighted by Crippen LogP contribution is 2.61. The molecule has 3 aliphatic carbocycles. The minimum absolute atomic E-state index is 0.0415. The van der Waals surface area contributed by atoms with Crippen molar-refractivity contribution in [2.75, 3.05) is 4.90 Å². The summed E-state index contributed by atoms with van der Waals surface area (Å²) in [7, 11) is 0. The van der Waals surface area contributed by atoms with Crippen molar-refractivity contribution in [2.45, 2.75) is 11.8 Å². The minimum Gasteiger partial charge on any atom is -0.478 e. The quantitative estimate of drug-likeness (QED) is 0.670. The largest absolute Gasteiger partial charge is 0.478 e. The van der Waals surface area contributed by atoms with Crippen molar-refractivity contribution in [2.24, 2.45) is 11.8 Å². The van der Waals surface area contributed by atoms with E-state index in [4.69, 9.17) is 0 Å². The monoisotopic (exact) mass is 395 g/mol. The van der Waals surface area contributed by atoms with Gasteiger partial charge in [-0.15, -0.1) is 0 Å². The molecule has 1 heterocycles. The number of carboxylic acid groups (broad SMARTS) is 1. The summed E-state index contributed by atoms with van der Waals surface area (Å²) in [6.07, 6.45) is 0. The summed E-state index contributed by atoms with van der Waals surface area (Å²) in [5, 5.41) is 9.61. The second-order valence-electron chi connectivity index (χ2n) is 8.10. The van der Waals surface area contributed by atoms with E-state index in [9.17, 15) is 19.5 Å². The van der Waals surface area contributed by atoms with E-state index in [1.165, 1.54) is 6.07 Å². The molecule has 1 fully saturated rings. The van der Waals surface area contributed by atoms with Gasteiger partial charge < -0.3 is 5.11 Å². The van der Waals surface area contributed by atoms with Crippen molar-refractivity contribution in [3.63, 3.8) is 0 Å². The van der Waals surface area contributed by atoms with Crippen molar-refractivity contribution >= 4 is 23.5 Å². The summed E-state index contributed by atoms with van der Waals surface area (Å²) >= 11 is 0. The predicted molar refractivity (Wildman–Crippen MR) is 109 cm³/mol. The molecule has 3 aromatic carbocycles. The molecule has 3 aromatic rings. The Hall–Kier alpha value is -3.73. The molecule has 0 saturated carbocycles. The Kier molecular flexibility index (Phi) is 3.37. The molecule has 1 saturated heterocycles. The molecule has 0 radical (unpaired) electrons. The van der Waals surface area contributed by atoms with Gasteiger partial charge in [-0.1, -0.05) is 60.7 Å². The molecule has 0 unspecified atom stereocenters. The molecule has 4 aliphatic rings. The number of nitrogens with zero attached hydrogens (tertiary/aromatic N) is 1. The number of carboxylic acids is 1. The normalized spacial score (nSPS) is 25.7. The number of imide groups is 1. The van der Waals surface area contributed by atoms with Gasteiger partial charge in [0.1, 0.15) is 0 Å². The minimum atomic E-state index is -1.16. The number of rotatable bonds is 2. The molecular formula is C25H17NO4. The fraction of sp³-hybridized carbons (Fsp3) is 0.160. The first kappa shape index (κ1) is 17.2. The predicted octanol–water partition coefficient (Wildman–Crippen LogP) is 3.78. The van der Waals surface area contributed by atoms with Crippen LogP contribution in [0.2, 0.25) is 0 Å². The van der Waals surface area contributed by atoms with Crippen LogP contribution in [-0.4, -0.2) is 22.9 Å². The smallest absolute Gasteiger partial charge is 0.337 e. The van der Waals surface area contributed by atoms with Gasteiger partial charge in [0.05, 0.1) is 23.1 Å². The average Bonchev–Trinajstić information content (AvgIpc) is 3.04. The van der Waals surface area contributed by atoms with Gasteiger partial charge in [-0.3, -0.25) is 9.59 Å². The third kappa shape index (κ3) is 1.99. The van der Waals surface area contributed by atoms with Gasteiger partial charge in [-0.05, 0) is 34.4 Å². The van der Waals surface area contributed by atoms with Gasteiger partial charge >= 0.3 is 5.97 Å². The average molecular weight is 395 g/mol. The number of amides is 2. The molecule has 2 bridgehead atoms. The van der Waals surface area contributed by atoms with Gasteiger partial charge in [0.2, 0.25) is 11.8 Å². The van der Waals surface area contributed by atoms with Gasteiger partial charge in [0, 0.05) is 11.8 Å². The van der Waals surface area contributed by atoms with Crippen molar-refractivity contribution < 1.29 is 19.5 Å². The first-order valence-corrected chi connectivity index (χ1v) is 9.97. The van der Waals surface area contributed by atoms with E-state index < -0.39 is 17.8 Å². The molecule has 2 atom stereocenters. The lowest BCUT2D eigenvalue weighted by Gasteiger charge is -2.45. The molecule has 0 aromatic heterocycles. The van der Waals surface area contributed by atoms with Crippen LogP contribution in [0.25, 0.3) is 0 Å². The summed E-state index contributed by atoms with van der Waals surface area (Å²) in [6.45, 7) is 0. The van der Waals surface area contributed by atoms with E-state index in [0.717, 1.165) is 27.2 Å². The van der Waals surface area contributed by atoms with E-state index in [0.29, 0.717) is 0 Å². The van der Waals surface area contributed by atoms with Crippen LogP contribution in [0.15, 0.2) is 72.8 Å². The van der Waals surface area contributed by atoms with Crippen LogP contribution in [0.4, 0.5) is 5.69 Å². The summed E-state index contributed by atoms with van der Waals surface area (Å²) in [5.74, 6) is -3.22. The van der Waals surface area contributed by atoms with E-state index in [1.807, 2.05) is 48.5 Å². The van der Waals surface area contributed by atoms with Crippen molar-refractivity contribution in [3.8, 4) is 0 Å².